The van der Waals surface area contributed by atoms with Crippen LogP contribution in [0.15, 0.2) is 24.3 Å². The molecule has 0 aromatic heterocycles. The molecule has 0 amide bonds. The zero-order chi connectivity index (χ0) is 13.0. The Hall–Kier alpha value is -0.570. The maximum atomic E-state index is 9.03. The van der Waals surface area contributed by atoms with E-state index in [1.165, 1.54) is 18.4 Å². The van der Waals surface area contributed by atoms with Crippen molar-refractivity contribution in [3.63, 3.8) is 0 Å². The van der Waals surface area contributed by atoms with E-state index in [9.17, 15) is 0 Å². The Kier molecular flexibility index (Phi) is 4.66. The maximum absolute atomic E-state index is 9.03. The van der Waals surface area contributed by atoms with E-state index in [2.05, 4.69) is 24.4 Å². The van der Waals surface area contributed by atoms with Gasteiger partial charge < -0.3 is 10.4 Å². The van der Waals surface area contributed by atoms with Crippen LogP contribution in [0.4, 0.5) is 0 Å². The zero-order valence-electron chi connectivity index (χ0n) is 11.0. The van der Waals surface area contributed by atoms with Crippen LogP contribution < -0.4 is 5.32 Å². The van der Waals surface area contributed by atoms with Gasteiger partial charge in [0.2, 0.25) is 0 Å². The molecule has 1 atom stereocenters. The highest BCUT2D eigenvalue weighted by Gasteiger charge is 2.41. The average Bonchev–Trinajstić information content (AvgIpc) is 3.11. The van der Waals surface area contributed by atoms with Crippen LogP contribution in [0.1, 0.15) is 31.7 Å². The molecule has 0 heterocycles. The van der Waals surface area contributed by atoms with Crippen molar-refractivity contribution in [2.24, 2.45) is 5.41 Å². The number of aliphatic hydroxyl groups is 1. The molecule has 0 saturated heterocycles. The topological polar surface area (TPSA) is 32.3 Å². The predicted molar refractivity (Wildman–Crippen MR) is 76.0 cm³/mol. The first-order valence-corrected chi connectivity index (χ1v) is 7.10. The van der Waals surface area contributed by atoms with Crippen molar-refractivity contribution in [1.82, 2.24) is 5.32 Å². The van der Waals surface area contributed by atoms with Crippen LogP contribution in [0, 0.1) is 5.41 Å². The number of hydrogen-bond acceptors (Lipinski definition) is 2. The normalized spacial score (nSPS) is 18.6. The van der Waals surface area contributed by atoms with Gasteiger partial charge >= 0.3 is 0 Å². The molecule has 3 heteroatoms. The third-order valence-corrected chi connectivity index (χ3v) is 4.13. The first-order chi connectivity index (χ1) is 8.63. The largest absolute Gasteiger partial charge is 0.396 e. The quantitative estimate of drug-likeness (QED) is 0.796. The lowest BCUT2D eigenvalue weighted by Crippen LogP contribution is -2.33. The van der Waals surface area contributed by atoms with Gasteiger partial charge in [0.15, 0.2) is 0 Å². The molecule has 1 fully saturated rings. The number of nitrogens with one attached hydrogen (secondary N) is 1. The Balaban J connectivity index is 1.75. The van der Waals surface area contributed by atoms with Crippen LogP contribution in [0.3, 0.4) is 0 Å². The summed E-state index contributed by atoms with van der Waals surface area (Å²) in [6, 6.07) is 8.51. The fourth-order valence-electron chi connectivity index (χ4n) is 2.37. The summed E-state index contributed by atoms with van der Waals surface area (Å²) in [4.78, 5) is 0. The molecule has 2 rings (SSSR count). The Morgan fingerprint density at radius 3 is 2.56 bits per heavy atom. The lowest BCUT2D eigenvalue weighted by Gasteiger charge is -2.19. The van der Waals surface area contributed by atoms with E-state index in [1.807, 2.05) is 12.1 Å². The summed E-state index contributed by atoms with van der Waals surface area (Å²) >= 11 is 5.87. The van der Waals surface area contributed by atoms with Crippen LogP contribution >= 0.6 is 11.6 Å². The molecule has 1 aliphatic carbocycles. The number of aliphatic hydroxyl groups excluding tert-OH is 1. The van der Waals surface area contributed by atoms with Gasteiger partial charge in [0.25, 0.3) is 0 Å². The summed E-state index contributed by atoms with van der Waals surface area (Å²) in [5, 5.41) is 13.4. The Morgan fingerprint density at radius 1 is 1.33 bits per heavy atom. The molecular formula is C15H22ClNO. The second-order valence-electron chi connectivity index (χ2n) is 5.59. The van der Waals surface area contributed by atoms with Crippen LogP contribution in [0.2, 0.25) is 5.02 Å². The van der Waals surface area contributed by atoms with Gasteiger partial charge in [0.05, 0.1) is 0 Å². The van der Waals surface area contributed by atoms with Crippen LogP contribution in [0.5, 0.6) is 0 Å². The van der Waals surface area contributed by atoms with E-state index in [0.29, 0.717) is 18.1 Å². The molecule has 100 valence electrons. The third kappa shape index (κ3) is 3.98. The molecular weight excluding hydrogens is 246 g/mol. The minimum absolute atomic E-state index is 0.313. The first kappa shape index (κ1) is 13.9. The fraction of sp³-hybridized carbons (Fsp3) is 0.600. The summed E-state index contributed by atoms with van der Waals surface area (Å²) < 4.78 is 0. The van der Waals surface area contributed by atoms with Gasteiger partial charge in [-0.15, -0.1) is 0 Å². The number of hydrogen-bond donors (Lipinski definition) is 2. The average molecular weight is 268 g/mol. The molecule has 0 bridgehead atoms. The smallest absolute Gasteiger partial charge is 0.0436 e. The monoisotopic (exact) mass is 267 g/mol. The number of rotatable bonds is 7. The second-order valence-corrected chi connectivity index (χ2v) is 6.02. The first-order valence-electron chi connectivity index (χ1n) is 6.72. The van der Waals surface area contributed by atoms with E-state index >= 15 is 0 Å². The van der Waals surface area contributed by atoms with E-state index in [-0.39, 0.29) is 0 Å². The van der Waals surface area contributed by atoms with Gasteiger partial charge in [-0.2, -0.15) is 0 Å². The Morgan fingerprint density at radius 2 is 2.00 bits per heavy atom. The minimum Gasteiger partial charge on any atom is -0.396 e. The highest BCUT2D eigenvalue weighted by atomic mass is 35.5. The summed E-state index contributed by atoms with van der Waals surface area (Å²) in [6.07, 6.45) is 4.47. The highest BCUT2D eigenvalue weighted by Crippen LogP contribution is 2.47. The summed E-state index contributed by atoms with van der Waals surface area (Å²) in [5.74, 6) is 0. The molecule has 0 radical (unpaired) electrons. The molecule has 2 nitrogen and oxygen atoms in total. The van der Waals surface area contributed by atoms with Crippen molar-refractivity contribution in [2.45, 2.75) is 38.6 Å². The maximum Gasteiger partial charge on any atom is 0.0436 e. The molecule has 1 aromatic rings. The van der Waals surface area contributed by atoms with E-state index in [1.54, 1.807) is 0 Å². The van der Waals surface area contributed by atoms with Gasteiger partial charge in [0, 0.05) is 24.2 Å². The molecule has 2 N–H and O–H groups in total. The van der Waals surface area contributed by atoms with Crippen molar-refractivity contribution >= 4 is 11.6 Å². The van der Waals surface area contributed by atoms with Crippen LogP contribution in [-0.2, 0) is 6.42 Å². The fourth-order valence-corrected chi connectivity index (χ4v) is 2.49. The molecule has 1 unspecified atom stereocenters. The lowest BCUT2D eigenvalue weighted by atomic mass is 10.0. The van der Waals surface area contributed by atoms with E-state index < -0.39 is 0 Å². The van der Waals surface area contributed by atoms with Crippen LogP contribution in [0.25, 0.3) is 0 Å². The SMILES string of the molecule is CC(Cc1ccc(Cl)cc1)NCC1(CCO)CC1. The van der Waals surface area contributed by atoms with E-state index in [4.69, 9.17) is 16.7 Å². The molecule has 18 heavy (non-hydrogen) atoms. The number of halogens is 1. The standard InChI is InChI=1S/C15H22ClNO/c1-12(10-13-2-4-14(16)5-3-13)17-11-15(6-7-15)8-9-18/h2-5,12,17-18H,6-11H2,1H3. The van der Waals surface area contributed by atoms with E-state index in [0.717, 1.165) is 24.4 Å². The molecule has 1 saturated carbocycles. The third-order valence-electron chi connectivity index (χ3n) is 3.88. The van der Waals surface area contributed by atoms with Crippen molar-refractivity contribution in [3.05, 3.63) is 34.9 Å². The molecule has 1 aliphatic rings. The molecule has 0 spiro atoms. The summed E-state index contributed by atoms with van der Waals surface area (Å²) in [5.41, 5.74) is 1.70. The second kappa shape index (κ2) is 6.05. The minimum atomic E-state index is 0.313. The number of benzene rings is 1. The van der Waals surface area contributed by atoms with Crippen LogP contribution in [-0.4, -0.2) is 24.3 Å². The summed E-state index contributed by atoms with van der Waals surface area (Å²) in [6.45, 7) is 3.55. The summed E-state index contributed by atoms with van der Waals surface area (Å²) in [7, 11) is 0. The van der Waals surface area contributed by atoms with Crippen molar-refractivity contribution in [2.75, 3.05) is 13.2 Å². The molecule has 0 aliphatic heterocycles. The van der Waals surface area contributed by atoms with Crippen molar-refractivity contribution in [1.29, 1.82) is 0 Å². The zero-order valence-corrected chi connectivity index (χ0v) is 11.7. The Labute approximate surface area is 114 Å². The Bertz CT molecular complexity index is 373. The van der Waals surface area contributed by atoms with Crippen molar-refractivity contribution < 1.29 is 5.11 Å². The predicted octanol–water partition coefficient (Wildman–Crippen LogP) is 3.02. The van der Waals surface area contributed by atoms with Gasteiger partial charge in [0.1, 0.15) is 0 Å². The van der Waals surface area contributed by atoms with Crippen molar-refractivity contribution in [3.8, 4) is 0 Å². The van der Waals surface area contributed by atoms with Gasteiger partial charge in [-0.1, -0.05) is 23.7 Å². The van der Waals surface area contributed by atoms with Gasteiger partial charge in [-0.25, -0.2) is 0 Å². The highest BCUT2D eigenvalue weighted by molar-refractivity contribution is 6.30. The molecule has 1 aromatic carbocycles. The lowest BCUT2D eigenvalue weighted by molar-refractivity contribution is 0.242. The van der Waals surface area contributed by atoms with Gasteiger partial charge in [-0.3, -0.25) is 0 Å². The van der Waals surface area contributed by atoms with Gasteiger partial charge in [-0.05, 0) is 55.7 Å².